The molecule has 1 aromatic rings. The van der Waals surface area contributed by atoms with Crippen LogP contribution in [0.3, 0.4) is 0 Å². The van der Waals surface area contributed by atoms with E-state index in [1.807, 2.05) is 6.92 Å². The van der Waals surface area contributed by atoms with E-state index in [-0.39, 0.29) is 34.1 Å². The molecule has 1 saturated carbocycles. The molecule has 2 fully saturated rings. The zero-order valence-electron chi connectivity index (χ0n) is 22.5. The highest BCUT2D eigenvalue weighted by Gasteiger charge is 2.67. The molecule has 1 aromatic carbocycles. The molecule has 0 radical (unpaired) electrons. The van der Waals surface area contributed by atoms with E-state index in [2.05, 4.69) is 31.4 Å². The second kappa shape index (κ2) is 10.4. The van der Waals surface area contributed by atoms with Crippen LogP contribution in [0.1, 0.15) is 59.4 Å². The molecule has 2 aliphatic heterocycles. The lowest BCUT2D eigenvalue weighted by Crippen LogP contribution is -2.58. The summed E-state index contributed by atoms with van der Waals surface area (Å²) in [6, 6.07) is 2.67. The van der Waals surface area contributed by atoms with Crippen molar-refractivity contribution >= 4 is 23.5 Å². The standard InChI is InChI=1S/C29H37ClF2N2O4/c1-16(7-6-8-17(30)15-31)23-24(25(35)33-19-12-28(5,37)13-19)34-22(14-27(2,3)4)29(23)20-10-9-18(32)11-21(20)38-26(29)36/h6-11,16,19,22-24,34,37H,12-15H2,1-5H3,(H,33,35)/b7-6-,17-8+/t16?,19-,22-,23+,24-,28+,29+/m1/s1. The van der Waals surface area contributed by atoms with Gasteiger partial charge >= 0.3 is 5.97 Å². The summed E-state index contributed by atoms with van der Waals surface area (Å²) >= 11 is 5.84. The number of allylic oxidation sites excluding steroid dienone is 4. The van der Waals surface area contributed by atoms with E-state index < -0.39 is 47.5 Å². The van der Waals surface area contributed by atoms with Gasteiger partial charge in [0.25, 0.3) is 0 Å². The van der Waals surface area contributed by atoms with Crippen LogP contribution in [-0.4, -0.2) is 47.4 Å². The third kappa shape index (κ3) is 5.40. The molecule has 2 heterocycles. The first-order valence-corrected chi connectivity index (χ1v) is 13.5. The van der Waals surface area contributed by atoms with Gasteiger partial charge in [0.15, 0.2) is 0 Å². The van der Waals surface area contributed by atoms with Crippen molar-refractivity contribution in [3.05, 3.63) is 52.8 Å². The van der Waals surface area contributed by atoms with Crippen molar-refractivity contribution in [3.8, 4) is 5.75 Å². The number of carbonyl (C=O) groups is 2. The fourth-order valence-electron chi connectivity index (χ4n) is 6.49. The monoisotopic (exact) mass is 550 g/mol. The average Bonchev–Trinajstić information content (AvgIpc) is 3.26. The van der Waals surface area contributed by atoms with Gasteiger partial charge in [-0.3, -0.25) is 9.59 Å². The minimum absolute atomic E-state index is 0.0331. The summed E-state index contributed by atoms with van der Waals surface area (Å²) in [5.74, 6) is -2.13. The van der Waals surface area contributed by atoms with Crippen LogP contribution in [0.4, 0.5) is 8.78 Å². The SMILES string of the molecule is CC(/C=C\C=C(\Cl)CF)[C@H]1[C@H](C(=O)N[C@H]2C[C@@](C)(O)C2)N[C@H](CC(C)(C)C)[C@]12C(=O)Oc1cc(F)ccc12. The lowest BCUT2D eigenvalue weighted by molar-refractivity contribution is -0.141. The molecule has 9 heteroatoms. The van der Waals surface area contributed by atoms with Crippen LogP contribution >= 0.6 is 11.6 Å². The predicted molar refractivity (Wildman–Crippen MR) is 142 cm³/mol. The maximum absolute atomic E-state index is 14.2. The van der Waals surface area contributed by atoms with Gasteiger partial charge in [0, 0.05) is 34.7 Å². The lowest BCUT2D eigenvalue weighted by atomic mass is 9.61. The third-order valence-electron chi connectivity index (χ3n) is 7.95. The zero-order valence-corrected chi connectivity index (χ0v) is 23.2. The number of benzene rings is 1. The molecule has 3 N–H and O–H groups in total. The molecule has 208 valence electrons. The average molecular weight is 551 g/mol. The minimum atomic E-state index is -1.26. The van der Waals surface area contributed by atoms with Crippen molar-refractivity contribution < 1.29 is 28.2 Å². The van der Waals surface area contributed by atoms with Crippen molar-refractivity contribution in [1.29, 1.82) is 0 Å². The number of carbonyl (C=O) groups excluding carboxylic acids is 2. The Morgan fingerprint density at radius 2 is 2.05 bits per heavy atom. The van der Waals surface area contributed by atoms with Crippen molar-refractivity contribution in [1.82, 2.24) is 10.6 Å². The highest BCUT2D eigenvalue weighted by Crippen LogP contribution is 2.56. The van der Waals surface area contributed by atoms with Crippen LogP contribution in [0.5, 0.6) is 5.75 Å². The molecular weight excluding hydrogens is 514 g/mol. The van der Waals surface area contributed by atoms with Gasteiger partial charge in [-0.1, -0.05) is 57.5 Å². The molecule has 1 unspecified atom stereocenters. The first-order valence-electron chi connectivity index (χ1n) is 13.1. The Hall–Kier alpha value is -2.29. The number of esters is 1. The van der Waals surface area contributed by atoms with Crippen LogP contribution in [0, 0.1) is 23.1 Å². The van der Waals surface area contributed by atoms with Crippen molar-refractivity contribution in [2.24, 2.45) is 17.3 Å². The number of alkyl halides is 1. The van der Waals surface area contributed by atoms with E-state index in [0.717, 1.165) is 0 Å². The lowest BCUT2D eigenvalue weighted by Gasteiger charge is -2.42. The molecule has 5 atom stereocenters. The molecule has 1 aliphatic carbocycles. The molecule has 4 rings (SSSR count). The van der Waals surface area contributed by atoms with Crippen LogP contribution < -0.4 is 15.4 Å². The number of nitrogens with one attached hydrogen (secondary N) is 2. The van der Waals surface area contributed by atoms with Crippen molar-refractivity contribution in [2.45, 2.75) is 83.0 Å². The summed E-state index contributed by atoms with van der Waals surface area (Å²) in [6.07, 6.45) is 6.30. The molecular formula is C29H37ClF2N2O4. The maximum Gasteiger partial charge on any atom is 0.324 e. The number of hydrogen-bond donors (Lipinski definition) is 3. The number of amides is 1. The van der Waals surface area contributed by atoms with Gasteiger partial charge in [0.2, 0.25) is 5.91 Å². The van der Waals surface area contributed by atoms with Gasteiger partial charge in [0.05, 0.1) is 11.6 Å². The van der Waals surface area contributed by atoms with Crippen LogP contribution in [0.15, 0.2) is 41.5 Å². The topological polar surface area (TPSA) is 87.7 Å². The van der Waals surface area contributed by atoms with Crippen LogP contribution in [0.25, 0.3) is 0 Å². The van der Waals surface area contributed by atoms with E-state index >= 15 is 0 Å². The molecule has 38 heavy (non-hydrogen) atoms. The van der Waals surface area contributed by atoms with E-state index in [4.69, 9.17) is 16.3 Å². The van der Waals surface area contributed by atoms with Gasteiger partial charge in [0.1, 0.15) is 23.7 Å². The Kier molecular flexibility index (Phi) is 7.83. The molecule has 0 aromatic heterocycles. The van der Waals surface area contributed by atoms with E-state index in [9.17, 15) is 23.5 Å². The second-order valence-electron chi connectivity index (χ2n) is 12.5. The highest BCUT2D eigenvalue weighted by molar-refractivity contribution is 6.29. The summed E-state index contributed by atoms with van der Waals surface area (Å²) < 4.78 is 32.7. The normalized spacial score (nSPS) is 33.8. The quantitative estimate of drug-likeness (QED) is 0.260. The fourth-order valence-corrected chi connectivity index (χ4v) is 6.57. The number of hydrogen-bond acceptors (Lipinski definition) is 5. The summed E-state index contributed by atoms with van der Waals surface area (Å²) in [5.41, 5.74) is -1.74. The minimum Gasteiger partial charge on any atom is -0.425 e. The number of aliphatic hydroxyl groups is 1. The van der Waals surface area contributed by atoms with Gasteiger partial charge in [-0.15, -0.1) is 0 Å². The first-order chi connectivity index (χ1) is 17.7. The molecule has 1 spiro atoms. The van der Waals surface area contributed by atoms with Gasteiger partial charge in [-0.25, -0.2) is 8.78 Å². The van der Waals surface area contributed by atoms with Gasteiger partial charge < -0.3 is 20.5 Å². The Morgan fingerprint density at radius 3 is 2.66 bits per heavy atom. The summed E-state index contributed by atoms with van der Waals surface area (Å²) in [4.78, 5) is 27.6. The number of halogens is 3. The Bertz CT molecular complexity index is 1150. The van der Waals surface area contributed by atoms with Crippen LogP contribution in [0.2, 0.25) is 0 Å². The molecule has 0 bridgehead atoms. The summed E-state index contributed by atoms with van der Waals surface area (Å²) in [6.45, 7) is 8.99. The smallest absolute Gasteiger partial charge is 0.324 e. The molecule has 1 saturated heterocycles. The number of ether oxygens (including phenoxy) is 1. The third-order valence-corrected chi connectivity index (χ3v) is 8.18. The molecule has 6 nitrogen and oxygen atoms in total. The van der Waals surface area contributed by atoms with Crippen molar-refractivity contribution in [3.63, 3.8) is 0 Å². The van der Waals surface area contributed by atoms with Crippen LogP contribution in [-0.2, 0) is 15.0 Å². The summed E-state index contributed by atoms with van der Waals surface area (Å²) in [5, 5.41) is 16.7. The Morgan fingerprint density at radius 1 is 1.37 bits per heavy atom. The van der Waals surface area contributed by atoms with Gasteiger partial charge in [-0.2, -0.15) is 0 Å². The summed E-state index contributed by atoms with van der Waals surface area (Å²) in [7, 11) is 0. The Labute approximate surface area is 227 Å². The maximum atomic E-state index is 14.2. The zero-order chi connectivity index (χ0) is 28.0. The second-order valence-corrected chi connectivity index (χ2v) is 13.0. The van der Waals surface area contributed by atoms with E-state index in [1.54, 1.807) is 25.1 Å². The van der Waals surface area contributed by atoms with E-state index in [0.29, 0.717) is 24.8 Å². The molecule has 1 amide bonds. The number of fused-ring (bicyclic) bond motifs is 2. The van der Waals surface area contributed by atoms with Crippen molar-refractivity contribution in [2.75, 3.05) is 6.67 Å². The Balaban J connectivity index is 1.81. The predicted octanol–water partition coefficient (Wildman–Crippen LogP) is 4.69. The van der Waals surface area contributed by atoms with Gasteiger partial charge in [-0.05, 0) is 49.7 Å². The van der Waals surface area contributed by atoms with E-state index in [1.165, 1.54) is 18.2 Å². The fraction of sp³-hybridized carbons (Fsp3) is 0.586. The first kappa shape index (κ1) is 28.7. The largest absolute Gasteiger partial charge is 0.425 e. The molecule has 3 aliphatic rings. The number of rotatable bonds is 7. The highest BCUT2D eigenvalue weighted by atomic mass is 35.5.